The topological polar surface area (TPSA) is 76.1 Å². The maximum Gasteiger partial charge on any atom is 0.256 e. The predicted octanol–water partition coefficient (Wildman–Crippen LogP) is 3.35. The molecule has 0 radical (unpaired) electrons. The molecule has 1 amide bonds. The summed E-state index contributed by atoms with van der Waals surface area (Å²) in [6.07, 6.45) is 5.20. The van der Waals surface area contributed by atoms with E-state index < -0.39 is 0 Å². The molecule has 0 aliphatic rings. The third-order valence-electron chi connectivity index (χ3n) is 3.60. The number of aromatic nitrogens is 2. The lowest BCUT2D eigenvalue weighted by Gasteiger charge is -2.08. The van der Waals surface area contributed by atoms with Crippen LogP contribution in [0.4, 0.5) is 11.5 Å². The Balaban J connectivity index is 1.57. The first-order chi connectivity index (χ1) is 12.2. The highest BCUT2D eigenvalue weighted by molar-refractivity contribution is 6.03. The van der Waals surface area contributed by atoms with Gasteiger partial charge < -0.3 is 15.4 Å². The maximum atomic E-state index is 12.2. The minimum Gasteiger partial charge on any atom is -0.497 e. The van der Waals surface area contributed by atoms with Gasteiger partial charge in [-0.3, -0.25) is 9.78 Å². The quantitative estimate of drug-likeness (QED) is 0.723. The van der Waals surface area contributed by atoms with Crippen LogP contribution in [0.5, 0.6) is 5.75 Å². The second-order valence-corrected chi connectivity index (χ2v) is 5.32. The number of pyridine rings is 2. The van der Waals surface area contributed by atoms with Crippen molar-refractivity contribution in [1.82, 2.24) is 9.97 Å². The largest absolute Gasteiger partial charge is 0.497 e. The lowest BCUT2D eigenvalue weighted by molar-refractivity contribution is 0.102. The van der Waals surface area contributed by atoms with E-state index in [1.165, 1.54) is 0 Å². The number of hydrogen-bond acceptors (Lipinski definition) is 5. The Morgan fingerprint density at radius 2 is 1.80 bits per heavy atom. The van der Waals surface area contributed by atoms with Gasteiger partial charge in [-0.25, -0.2) is 4.98 Å². The van der Waals surface area contributed by atoms with Gasteiger partial charge in [0.1, 0.15) is 11.6 Å². The van der Waals surface area contributed by atoms with Gasteiger partial charge in [0.2, 0.25) is 0 Å². The van der Waals surface area contributed by atoms with Crippen molar-refractivity contribution in [1.29, 1.82) is 0 Å². The van der Waals surface area contributed by atoms with Gasteiger partial charge >= 0.3 is 0 Å². The van der Waals surface area contributed by atoms with Crippen molar-refractivity contribution in [3.63, 3.8) is 0 Å². The number of anilines is 2. The molecule has 2 N–H and O–H groups in total. The van der Waals surface area contributed by atoms with Gasteiger partial charge in [0.05, 0.1) is 19.0 Å². The molecular formula is C19H18N4O2. The van der Waals surface area contributed by atoms with Crippen molar-refractivity contribution in [3.8, 4) is 5.75 Å². The van der Waals surface area contributed by atoms with E-state index in [0.717, 1.165) is 11.3 Å². The monoisotopic (exact) mass is 334 g/mol. The number of methoxy groups -OCH3 is 1. The van der Waals surface area contributed by atoms with E-state index in [4.69, 9.17) is 4.74 Å². The molecule has 1 aromatic carbocycles. The molecule has 0 aliphatic carbocycles. The highest BCUT2D eigenvalue weighted by atomic mass is 16.5. The summed E-state index contributed by atoms with van der Waals surface area (Å²) >= 11 is 0. The van der Waals surface area contributed by atoms with E-state index in [1.807, 2.05) is 18.2 Å². The Morgan fingerprint density at radius 3 is 2.44 bits per heavy atom. The smallest absolute Gasteiger partial charge is 0.256 e. The number of amides is 1. The molecule has 0 aliphatic heterocycles. The van der Waals surface area contributed by atoms with Crippen molar-refractivity contribution in [3.05, 3.63) is 78.2 Å². The van der Waals surface area contributed by atoms with Crippen molar-refractivity contribution >= 4 is 17.4 Å². The first-order valence-electron chi connectivity index (χ1n) is 7.79. The number of carbonyl (C=O) groups is 1. The number of carbonyl (C=O) groups excluding carboxylic acids is 1. The standard InChI is InChI=1S/C19H18N4O2/c1-25-17-5-2-15(3-6-17)19(24)23-18-7-4-16(13-22-18)21-12-14-8-10-20-11-9-14/h2-11,13,21H,12H2,1H3,(H,22,23,24). The van der Waals surface area contributed by atoms with E-state index in [2.05, 4.69) is 20.6 Å². The average molecular weight is 334 g/mol. The van der Waals surface area contributed by atoms with E-state index in [9.17, 15) is 4.79 Å². The van der Waals surface area contributed by atoms with E-state index in [-0.39, 0.29) is 5.91 Å². The fraction of sp³-hybridized carbons (Fsp3) is 0.105. The zero-order valence-electron chi connectivity index (χ0n) is 13.8. The fourth-order valence-corrected chi connectivity index (χ4v) is 2.21. The second kappa shape index (κ2) is 7.92. The molecule has 0 saturated heterocycles. The SMILES string of the molecule is COc1ccc(C(=O)Nc2ccc(NCc3ccncc3)cn2)cc1. The van der Waals surface area contributed by atoms with Crippen LogP contribution in [-0.4, -0.2) is 23.0 Å². The number of hydrogen-bond donors (Lipinski definition) is 2. The van der Waals surface area contributed by atoms with Crippen LogP contribution in [0.1, 0.15) is 15.9 Å². The van der Waals surface area contributed by atoms with Gasteiger partial charge in [-0.1, -0.05) is 0 Å². The fourth-order valence-electron chi connectivity index (χ4n) is 2.21. The summed E-state index contributed by atoms with van der Waals surface area (Å²) in [6.45, 7) is 0.682. The first-order valence-corrected chi connectivity index (χ1v) is 7.79. The minimum atomic E-state index is -0.215. The summed E-state index contributed by atoms with van der Waals surface area (Å²) in [5.74, 6) is 0.988. The Morgan fingerprint density at radius 1 is 1.04 bits per heavy atom. The highest BCUT2D eigenvalue weighted by Gasteiger charge is 2.07. The van der Waals surface area contributed by atoms with Gasteiger partial charge in [0.15, 0.2) is 0 Å². The molecule has 0 saturated carbocycles. The Kier molecular flexibility index (Phi) is 5.21. The Bertz CT molecular complexity index is 818. The van der Waals surface area contributed by atoms with Crippen LogP contribution in [0.2, 0.25) is 0 Å². The van der Waals surface area contributed by atoms with Crippen molar-refractivity contribution in [2.45, 2.75) is 6.54 Å². The van der Waals surface area contributed by atoms with Gasteiger partial charge in [0, 0.05) is 24.5 Å². The van der Waals surface area contributed by atoms with Crippen molar-refractivity contribution < 1.29 is 9.53 Å². The van der Waals surface area contributed by atoms with Crippen LogP contribution in [0.3, 0.4) is 0 Å². The molecule has 6 nitrogen and oxygen atoms in total. The maximum absolute atomic E-state index is 12.2. The van der Waals surface area contributed by atoms with Crippen LogP contribution in [0.25, 0.3) is 0 Å². The molecule has 3 rings (SSSR count). The summed E-state index contributed by atoms with van der Waals surface area (Å²) < 4.78 is 5.08. The number of rotatable bonds is 6. The van der Waals surface area contributed by atoms with E-state index in [1.54, 1.807) is 56.0 Å². The molecule has 0 bridgehead atoms. The second-order valence-electron chi connectivity index (χ2n) is 5.32. The third-order valence-corrected chi connectivity index (χ3v) is 3.60. The molecular weight excluding hydrogens is 316 g/mol. The number of nitrogens with one attached hydrogen (secondary N) is 2. The number of benzene rings is 1. The van der Waals surface area contributed by atoms with Crippen LogP contribution in [-0.2, 0) is 6.54 Å². The molecule has 6 heteroatoms. The molecule has 2 heterocycles. The third kappa shape index (κ3) is 4.54. The summed E-state index contributed by atoms with van der Waals surface area (Å²) in [6, 6.07) is 14.4. The lowest BCUT2D eigenvalue weighted by Crippen LogP contribution is -2.12. The van der Waals surface area contributed by atoms with Gasteiger partial charge in [-0.2, -0.15) is 0 Å². The predicted molar refractivity (Wildman–Crippen MR) is 96.7 cm³/mol. The Labute approximate surface area is 145 Å². The average Bonchev–Trinajstić information content (AvgIpc) is 2.68. The zero-order valence-corrected chi connectivity index (χ0v) is 13.8. The van der Waals surface area contributed by atoms with Crippen LogP contribution >= 0.6 is 0 Å². The van der Waals surface area contributed by atoms with Crippen molar-refractivity contribution in [2.75, 3.05) is 17.7 Å². The first kappa shape index (κ1) is 16.4. The Hall–Kier alpha value is -3.41. The summed E-state index contributed by atoms with van der Waals surface area (Å²) in [5.41, 5.74) is 2.55. The van der Waals surface area contributed by atoms with Crippen LogP contribution in [0.15, 0.2) is 67.1 Å². The summed E-state index contributed by atoms with van der Waals surface area (Å²) in [7, 11) is 1.59. The normalized spacial score (nSPS) is 10.1. The minimum absolute atomic E-state index is 0.215. The molecule has 126 valence electrons. The molecule has 0 atom stereocenters. The zero-order chi connectivity index (χ0) is 17.5. The van der Waals surface area contributed by atoms with Crippen molar-refractivity contribution in [2.24, 2.45) is 0 Å². The van der Waals surface area contributed by atoms with E-state index >= 15 is 0 Å². The molecule has 25 heavy (non-hydrogen) atoms. The molecule has 2 aromatic heterocycles. The van der Waals surface area contributed by atoms with Gasteiger partial charge in [-0.05, 0) is 54.1 Å². The molecule has 0 spiro atoms. The lowest BCUT2D eigenvalue weighted by atomic mass is 10.2. The van der Waals surface area contributed by atoms with E-state index in [0.29, 0.717) is 23.7 Å². The molecule has 3 aromatic rings. The summed E-state index contributed by atoms with van der Waals surface area (Å²) in [4.78, 5) is 20.4. The molecule has 0 fully saturated rings. The van der Waals surface area contributed by atoms with Gasteiger partial charge in [-0.15, -0.1) is 0 Å². The number of nitrogens with zero attached hydrogens (tertiary/aromatic N) is 2. The highest BCUT2D eigenvalue weighted by Crippen LogP contribution is 2.14. The molecule has 0 unspecified atom stereocenters. The van der Waals surface area contributed by atoms with Crippen LogP contribution < -0.4 is 15.4 Å². The summed E-state index contributed by atoms with van der Waals surface area (Å²) in [5, 5.41) is 6.04. The van der Waals surface area contributed by atoms with Crippen LogP contribution in [0, 0.1) is 0 Å². The number of ether oxygens (including phenoxy) is 1. The van der Waals surface area contributed by atoms with Gasteiger partial charge in [0.25, 0.3) is 5.91 Å².